The van der Waals surface area contributed by atoms with Gasteiger partial charge in [0.25, 0.3) is 0 Å². The van der Waals surface area contributed by atoms with Gasteiger partial charge in [-0.2, -0.15) is 0 Å². The smallest absolute Gasteiger partial charge is 0.200 e. The summed E-state index contributed by atoms with van der Waals surface area (Å²) in [5.74, 6) is -9.93. The van der Waals surface area contributed by atoms with E-state index in [4.69, 9.17) is 0 Å². The van der Waals surface area contributed by atoms with Crippen molar-refractivity contribution in [1.29, 1.82) is 0 Å². The fourth-order valence-corrected chi connectivity index (χ4v) is 1.66. The molecule has 1 atom stereocenters. The first kappa shape index (κ1) is 14.2. The van der Waals surface area contributed by atoms with Crippen LogP contribution in [0.4, 0.5) is 27.6 Å². The van der Waals surface area contributed by atoms with Crippen molar-refractivity contribution in [3.05, 3.63) is 59.2 Å². The Hall–Kier alpha value is -2.18. The van der Waals surface area contributed by atoms with Gasteiger partial charge in [-0.1, -0.05) is 6.07 Å². The number of nitrogens with zero attached hydrogens (tertiary/aromatic N) is 1. The molecular formula is C13H9F5N2. The van der Waals surface area contributed by atoms with Crippen molar-refractivity contribution in [2.45, 2.75) is 13.0 Å². The standard InChI is InChI=1S/C13H9F5N2/c1-6(7-3-2-4-19-5-7)20-13-11(17)9(15)8(14)10(16)12(13)18/h2-6,20H,1H3. The van der Waals surface area contributed by atoms with Crippen LogP contribution in [0.5, 0.6) is 0 Å². The molecule has 1 aromatic heterocycles. The minimum Gasteiger partial charge on any atom is -0.374 e. The van der Waals surface area contributed by atoms with Crippen molar-refractivity contribution in [2.24, 2.45) is 0 Å². The van der Waals surface area contributed by atoms with E-state index in [2.05, 4.69) is 10.3 Å². The third-order valence-electron chi connectivity index (χ3n) is 2.76. The predicted octanol–water partition coefficient (Wildman–Crippen LogP) is 3.95. The molecule has 2 nitrogen and oxygen atoms in total. The molecule has 0 spiro atoms. The second kappa shape index (κ2) is 5.44. The zero-order chi connectivity index (χ0) is 14.9. The number of anilines is 1. The summed E-state index contributed by atoms with van der Waals surface area (Å²) in [6.45, 7) is 1.51. The van der Waals surface area contributed by atoms with E-state index < -0.39 is 40.8 Å². The molecule has 0 saturated heterocycles. The van der Waals surface area contributed by atoms with Gasteiger partial charge in [0.2, 0.25) is 5.82 Å². The van der Waals surface area contributed by atoms with Gasteiger partial charge in [0.1, 0.15) is 5.69 Å². The summed E-state index contributed by atoms with van der Waals surface area (Å²) < 4.78 is 65.9. The summed E-state index contributed by atoms with van der Waals surface area (Å²) >= 11 is 0. The SMILES string of the molecule is CC(Nc1c(F)c(F)c(F)c(F)c1F)c1cccnc1. The summed E-state index contributed by atoms with van der Waals surface area (Å²) in [5, 5.41) is 2.27. The molecule has 0 aliphatic rings. The highest BCUT2D eigenvalue weighted by Gasteiger charge is 2.26. The van der Waals surface area contributed by atoms with E-state index in [0.717, 1.165) is 0 Å². The summed E-state index contributed by atoms with van der Waals surface area (Å²) in [4.78, 5) is 3.81. The van der Waals surface area contributed by atoms with Gasteiger partial charge >= 0.3 is 0 Å². The third-order valence-corrected chi connectivity index (χ3v) is 2.76. The van der Waals surface area contributed by atoms with Crippen LogP contribution in [-0.4, -0.2) is 4.98 Å². The van der Waals surface area contributed by atoms with Gasteiger partial charge in [0, 0.05) is 12.4 Å². The molecular weight excluding hydrogens is 279 g/mol. The molecule has 1 N–H and O–H groups in total. The molecule has 0 saturated carbocycles. The Morgan fingerprint density at radius 3 is 2.00 bits per heavy atom. The summed E-state index contributed by atoms with van der Waals surface area (Å²) in [5.41, 5.74) is -0.519. The number of nitrogens with one attached hydrogen (secondary N) is 1. The van der Waals surface area contributed by atoms with Crippen LogP contribution in [0.1, 0.15) is 18.5 Å². The number of hydrogen-bond donors (Lipinski definition) is 1. The zero-order valence-electron chi connectivity index (χ0n) is 10.2. The van der Waals surface area contributed by atoms with Crippen LogP contribution in [0.25, 0.3) is 0 Å². The summed E-state index contributed by atoms with van der Waals surface area (Å²) in [6, 6.07) is 2.51. The van der Waals surface area contributed by atoms with Gasteiger partial charge in [-0.25, -0.2) is 22.0 Å². The highest BCUT2D eigenvalue weighted by Crippen LogP contribution is 2.29. The number of aromatic nitrogens is 1. The summed E-state index contributed by atoms with van der Waals surface area (Å²) in [7, 11) is 0. The van der Waals surface area contributed by atoms with Crippen molar-refractivity contribution in [3.63, 3.8) is 0 Å². The van der Waals surface area contributed by atoms with E-state index in [0.29, 0.717) is 5.56 Å². The average molecular weight is 288 g/mol. The van der Waals surface area contributed by atoms with Crippen LogP contribution in [0.3, 0.4) is 0 Å². The Morgan fingerprint density at radius 1 is 0.950 bits per heavy atom. The molecule has 7 heteroatoms. The Balaban J connectivity index is 2.40. The minimum absolute atomic E-state index is 0.538. The molecule has 0 fully saturated rings. The van der Waals surface area contributed by atoms with Crippen LogP contribution in [0, 0.1) is 29.1 Å². The Bertz CT molecular complexity index is 601. The lowest BCUT2D eigenvalue weighted by Crippen LogP contribution is -2.13. The molecule has 0 amide bonds. The van der Waals surface area contributed by atoms with Crippen LogP contribution in [-0.2, 0) is 0 Å². The number of pyridine rings is 1. The number of halogens is 5. The normalized spacial score (nSPS) is 12.3. The van der Waals surface area contributed by atoms with E-state index in [1.165, 1.54) is 19.3 Å². The van der Waals surface area contributed by atoms with Crippen LogP contribution < -0.4 is 5.32 Å². The number of rotatable bonds is 3. The predicted molar refractivity (Wildman–Crippen MR) is 62.5 cm³/mol. The first-order valence-corrected chi connectivity index (χ1v) is 5.61. The second-order valence-electron chi connectivity index (χ2n) is 4.10. The number of benzene rings is 1. The molecule has 2 rings (SSSR count). The maximum absolute atomic E-state index is 13.5. The van der Waals surface area contributed by atoms with E-state index in [-0.39, 0.29) is 0 Å². The molecule has 1 heterocycles. The lowest BCUT2D eigenvalue weighted by Gasteiger charge is -2.17. The summed E-state index contributed by atoms with van der Waals surface area (Å²) in [6.07, 6.45) is 2.92. The van der Waals surface area contributed by atoms with Gasteiger partial charge < -0.3 is 5.32 Å². The van der Waals surface area contributed by atoms with Crippen molar-refractivity contribution in [2.75, 3.05) is 5.32 Å². The molecule has 0 aliphatic carbocycles. The maximum atomic E-state index is 13.5. The molecule has 0 aliphatic heterocycles. The first-order valence-electron chi connectivity index (χ1n) is 5.61. The third kappa shape index (κ3) is 2.43. The van der Waals surface area contributed by atoms with Gasteiger partial charge in [-0.05, 0) is 18.6 Å². The topological polar surface area (TPSA) is 24.9 Å². The second-order valence-corrected chi connectivity index (χ2v) is 4.10. The van der Waals surface area contributed by atoms with Crippen molar-refractivity contribution in [3.8, 4) is 0 Å². The van der Waals surface area contributed by atoms with E-state index in [1.54, 1.807) is 12.1 Å². The lowest BCUT2D eigenvalue weighted by atomic mass is 10.1. The number of hydrogen-bond acceptors (Lipinski definition) is 2. The van der Waals surface area contributed by atoms with Crippen LogP contribution >= 0.6 is 0 Å². The van der Waals surface area contributed by atoms with Gasteiger partial charge in [-0.3, -0.25) is 4.98 Å². The van der Waals surface area contributed by atoms with Crippen molar-refractivity contribution in [1.82, 2.24) is 4.98 Å². The quantitative estimate of drug-likeness (QED) is 0.525. The Kier molecular flexibility index (Phi) is 3.87. The monoisotopic (exact) mass is 288 g/mol. The molecule has 1 unspecified atom stereocenters. The molecule has 20 heavy (non-hydrogen) atoms. The van der Waals surface area contributed by atoms with Gasteiger partial charge in [0.15, 0.2) is 23.3 Å². The average Bonchev–Trinajstić information content (AvgIpc) is 2.48. The van der Waals surface area contributed by atoms with Crippen LogP contribution in [0.2, 0.25) is 0 Å². The Labute approximate surface area is 111 Å². The highest BCUT2D eigenvalue weighted by molar-refractivity contribution is 5.49. The first-order chi connectivity index (χ1) is 9.43. The van der Waals surface area contributed by atoms with Crippen LogP contribution in [0.15, 0.2) is 24.5 Å². The molecule has 106 valence electrons. The minimum atomic E-state index is -2.18. The Morgan fingerprint density at radius 2 is 1.50 bits per heavy atom. The fourth-order valence-electron chi connectivity index (χ4n) is 1.66. The largest absolute Gasteiger partial charge is 0.374 e. The highest BCUT2D eigenvalue weighted by atomic mass is 19.2. The molecule has 0 radical (unpaired) electrons. The van der Waals surface area contributed by atoms with E-state index >= 15 is 0 Å². The van der Waals surface area contributed by atoms with Gasteiger partial charge in [0.05, 0.1) is 6.04 Å². The van der Waals surface area contributed by atoms with Crippen molar-refractivity contribution >= 4 is 5.69 Å². The zero-order valence-corrected chi connectivity index (χ0v) is 10.2. The van der Waals surface area contributed by atoms with Gasteiger partial charge in [-0.15, -0.1) is 0 Å². The van der Waals surface area contributed by atoms with E-state index in [1.807, 2.05) is 0 Å². The molecule has 2 aromatic rings. The van der Waals surface area contributed by atoms with Crippen molar-refractivity contribution < 1.29 is 22.0 Å². The fraction of sp³-hybridized carbons (Fsp3) is 0.154. The molecule has 0 bridgehead atoms. The molecule has 1 aromatic carbocycles. The lowest BCUT2D eigenvalue weighted by molar-refractivity contribution is 0.381. The maximum Gasteiger partial charge on any atom is 0.200 e. The van der Waals surface area contributed by atoms with E-state index in [9.17, 15) is 22.0 Å².